The number of halogens is 1. The maximum Gasteiger partial charge on any atom is 0.130 e. The number of thioether (sulfide) groups is 1. The summed E-state index contributed by atoms with van der Waals surface area (Å²) in [6.45, 7) is 6.87. The van der Waals surface area contributed by atoms with Crippen molar-refractivity contribution in [2.75, 3.05) is 23.9 Å². The third-order valence-electron chi connectivity index (χ3n) is 4.63. The van der Waals surface area contributed by atoms with E-state index in [0.717, 1.165) is 45.7 Å². The number of aromatic hydroxyl groups is 1. The number of nitrogens with one attached hydrogen (secondary N) is 1. The quantitative estimate of drug-likeness (QED) is 0.515. The van der Waals surface area contributed by atoms with Crippen LogP contribution in [0.2, 0.25) is 0 Å². The number of nitrogens with zero attached hydrogens (tertiary/aromatic N) is 1. The molecule has 1 heterocycles. The van der Waals surface area contributed by atoms with E-state index >= 15 is 0 Å². The Morgan fingerprint density at radius 3 is 2.63 bits per heavy atom. The van der Waals surface area contributed by atoms with Gasteiger partial charge in [0.25, 0.3) is 0 Å². The molecule has 0 radical (unpaired) electrons. The fourth-order valence-electron chi connectivity index (χ4n) is 3.35. The summed E-state index contributed by atoms with van der Waals surface area (Å²) < 4.78 is 13.9. The molecule has 3 nitrogen and oxygen atoms in total. The average molecular weight is 385 g/mol. The number of benzene rings is 2. The first-order chi connectivity index (χ1) is 12.9. The van der Waals surface area contributed by atoms with E-state index in [1.54, 1.807) is 30.8 Å². The van der Waals surface area contributed by atoms with Gasteiger partial charge < -0.3 is 10.4 Å². The average Bonchev–Trinajstić information content (AvgIpc) is 2.62. The topological polar surface area (TPSA) is 45.2 Å². The molecule has 3 rings (SSSR count). The molecule has 2 aromatic carbocycles. The second kappa shape index (κ2) is 8.17. The summed E-state index contributed by atoms with van der Waals surface area (Å²) in [5, 5.41) is 14.4. The van der Waals surface area contributed by atoms with Crippen LogP contribution >= 0.6 is 11.8 Å². The molecule has 0 aliphatic carbocycles. The van der Waals surface area contributed by atoms with Gasteiger partial charge in [0.2, 0.25) is 0 Å². The first-order valence-corrected chi connectivity index (χ1v) is 10.5. The van der Waals surface area contributed by atoms with Crippen molar-refractivity contribution < 1.29 is 9.50 Å². The molecule has 0 aliphatic heterocycles. The predicted molar refractivity (Wildman–Crippen MR) is 114 cm³/mol. The summed E-state index contributed by atoms with van der Waals surface area (Å²) in [6.07, 6.45) is 2.07. The summed E-state index contributed by atoms with van der Waals surface area (Å²) in [5.74, 6) is 2.01. The Labute approximate surface area is 164 Å². The number of pyridine rings is 1. The second-order valence-corrected chi connectivity index (χ2v) is 7.97. The first-order valence-electron chi connectivity index (χ1n) is 9.08. The lowest BCUT2D eigenvalue weighted by Crippen LogP contribution is -2.10. The lowest BCUT2D eigenvalue weighted by atomic mass is 9.89. The highest BCUT2D eigenvalue weighted by Crippen LogP contribution is 2.40. The normalized spacial score (nSPS) is 11.3. The van der Waals surface area contributed by atoms with E-state index in [9.17, 15) is 9.50 Å². The zero-order valence-electron chi connectivity index (χ0n) is 16.1. The minimum atomic E-state index is -0.209. The largest absolute Gasteiger partial charge is 0.508 e. The molecule has 0 spiro atoms. The molecule has 0 aliphatic rings. The standard InChI is InChI=1S/C22H25FN2OS/c1-13(2)20-21(15-5-8-18(23)14(3)11-15)17-7-6-16(26)12-19(17)25-22(20)24-9-10-27-4/h5-8,11-13,26H,9-10H2,1-4H3,(H,24,25). The molecule has 5 heteroatoms. The number of phenolic OH excluding ortho intramolecular Hbond substituents is 1. The highest BCUT2D eigenvalue weighted by atomic mass is 32.2. The molecule has 0 unspecified atom stereocenters. The number of fused-ring (bicyclic) bond motifs is 1. The van der Waals surface area contributed by atoms with Gasteiger partial charge in [0.05, 0.1) is 5.52 Å². The van der Waals surface area contributed by atoms with Crippen LogP contribution in [-0.2, 0) is 0 Å². The molecule has 0 atom stereocenters. The number of hydrogen-bond acceptors (Lipinski definition) is 4. The third-order valence-corrected chi connectivity index (χ3v) is 5.24. The summed E-state index contributed by atoms with van der Waals surface area (Å²) >= 11 is 1.77. The maximum atomic E-state index is 13.9. The smallest absolute Gasteiger partial charge is 0.130 e. The number of aryl methyl sites for hydroxylation is 1. The monoisotopic (exact) mass is 384 g/mol. The molecule has 0 fully saturated rings. The number of aromatic nitrogens is 1. The summed E-state index contributed by atoms with van der Waals surface area (Å²) in [4.78, 5) is 4.80. The number of anilines is 1. The summed E-state index contributed by atoms with van der Waals surface area (Å²) in [7, 11) is 0. The van der Waals surface area contributed by atoms with E-state index < -0.39 is 0 Å². The van der Waals surface area contributed by atoms with Crippen LogP contribution < -0.4 is 5.32 Å². The van der Waals surface area contributed by atoms with Gasteiger partial charge in [0.1, 0.15) is 17.4 Å². The van der Waals surface area contributed by atoms with Gasteiger partial charge in [0.15, 0.2) is 0 Å². The van der Waals surface area contributed by atoms with Crippen molar-refractivity contribution in [1.82, 2.24) is 4.98 Å². The van der Waals surface area contributed by atoms with Crippen LogP contribution in [0.15, 0.2) is 36.4 Å². The minimum Gasteiger partial charge on any atom is -0.508 e. The molecule has 2 N–H and O–H groups in total. The van der Waals surface area contributed by atoms with E-state index in [-0.39, 0.29) is 17.5 Å². The van der Waals surface area contributed by atoms with E-state index in [4.69, 9.17) is 4.98 Å². The Morgan fingerprint density at radius 2 is 1.96 bits per heavy atom. The molecular formula is C22H25FN2OS. The van der Waals surface area contributed by atoms with Gasteiger partial charge in [0, 0.05) is 29.3 Å². The Bertz CT molecular complexity index is 972. The van der Waals surface area contributed by atoms with Gasteiger partial charge in [-0.3, -0.25) is 0 Å². The van der Waals surface area contributed by atoms with E-state index in [2.05, 4.69) is 25.4 Å². The second-order valence-electron chi connectivity index (χ2n) is 6.99. The Hall–Kier alpha value is -2.27. The van der Waals surface area contributed by atoms with Crippen LogP contribution in [0.4, 0.5) is 10.2 Å². The SMILES string of the molecule is CSCCNc1nc2cc(O)ccc2c(-c2ccc(F)c(C)c2)c1C(C)C. The summed E-state index contributed by atoms with van der Waals surface area (Å²) in [6, 6.07) is 10.5. The number of phenols is 1. The molecule has 0 amide bonds. The third kappa shape index (κ3) is 4.03. The van der Waals surface area contributed by atoms with Crippen LogP contribution in [0.5, 0.6) is 5.75 Å². The first kappa shape index (κ1) is 19.5. The minimum absolute atomic E-state index is 0.184. The lowest BCUT2D eigenvalue weighted by molar-refractivity contribution is 0.476. The molecule has 0 saturated heterocycles. The molecule has 3 aromatic rings. The highest BCUT2D eigenvalue weighted by Gasteiger charge is 2.20. The maximum absolute atomic E-state index is 13.9. The molecule has 0 bridgehead atoms. The molecular weight excluding hydrogens is 359 g/mol. The Balaban J connectivity index is 2.32. The predicted octanol–water partition coefficient (Wildman–Crippen LogP) is 5.95. The zero-order valence-corrected chi connectivity index (χ0v) is 17.0. The fraction of sp³-hybridized carbons (Fsp3) is 0.318. The van der Waals surface area contributed by atoms with Crippen LogP contribution in [-0.4, -0.2) is 28.6 Å². The van der Waals surface area contributed by atoms with Crippen molar-refractivity contribution in [3.05, 3.63) is 53.3 Å². The van der Waals surface area contributed by atoms with Crippen molar-refractivity contribution in [3.63, 3.8) is 0 Å². The van der Waals surface area contributed by atoms with Crippen molar-refractivity contribution >= 4 is 28.5 Å². The van der Waals surface area contributed by atoms with Crippen molar-refractivity contribution in [3.8, 4) is 16.9 Å². The molecule has 0 saturated carbocycles. The van der Waals surface area contributed by atoms with Gasteiger partial charge in [-0.05, 0) is 60.1 Å². The summed E-state index contributed by atoms with van der Waals surface area (Å²) in [5.41, 5.74) is 4.46. The van der Waals surface area contributed by atoms with Crippen LogP contribution in [0.1, 0.15) is 30.9 Å². The van der Waals surface area contributed by atoms with Crippen molar-refractivity contribution in [2.45, 2.75) is 26.7 Å². The van der Waals surface area contributed by atoms with Gasteiger partial charge in [-0.25, -0.2) is 9.37 Å². The lowest BCUT2D eigenvalue weighted by Gasteiger charge is -2.21. The van der Waals surface area contributed by atoms with E-state index in [0.29, 0.717) is 5.56 Å². The number of rotatable bonds is 6. The van der Waals surface area contributed by atoms with Gasteiger partial charge in [-0.2, -0.15) is 11.8 Å². The van der Waals surface area contributed by atoms with Gasteiger partial charge >= 0.3 is 0 Å². The Morgan fingerprint density at radius 1 is 1.19 bits per heavy atom. The highest BCUT2D eigenvalue weighted by molar-refractivity contribution is 7.98. The van der Waals surface area contributed by atoms with E-state index in [1.807, 2.05) is 18.2 Å². The molecule has 142 valence electrons. The Kier molecular flexibility index (Phi) is 5.90. The van der Waals surface area contributed by atoms with Crippen LogP contribution in [0.25, 0.3) is 22.0 Å². The van der Waals surface area contributed by atoms with Crippen LogP contribution in [0.3, 0.4) is 0 Å². The van der Waals surface area contributed by atoms with Crippen molar-refractivity contribution in [1.29, 1.82) is 0 Å². The van der Waals surface area contributed by atoms with Gasteiger partial charge in [-0.1, -0.05) is 19.9 Å². The van der Waals surface area contributed by atoms with E-state index in [1.165, 1.54) is 6.07 Å². The molecule has 27 heavy (non-hydrogen) atoms. The zero-order chi connectivity index (χ0) is 19.6. The molecule has 1 aromatic heterocycles. The fourth-order valence-corrected chi connectivity index (χ4v) is 3.65. The number of hydrogen-bond donors (Lipinski definition) is 2. The van der Waals surface area contributed by atoms with Crippen LogP contribution in [0, 0.1) is 12.7 Å². The van der Waals surface area contributed by atoms with Gasteiger partial charge in [-0.15, -0.1) is 0 Å². The van der Waals surface area contributed by atoms with Crippen molar-refractivity contribution in [2.24, 2.45) is 0 Å².